The van der Waals surface area contributed by atoms with Gasteiger partial charge < -0.3 is 5.32 Å². The lowest BCUT2D eigenvalue weighted by Gasteiger charge is -2.30. The predicted octanol–water partition coefficient (Wildman–Crippen LogP) is 3.67. The Morgan fingerprint density at radius 2 is 2.22 bits per heavy atom. The monoisotopic (exact) mass is 266 g/mol. The van der Waals surface area contributed by atoms with Gasteiger partial charge >= 0.3 is 0 Å². The van der Waals surface area contributed by atoms with Gasteiger partial charge in [0.1, 0.15) is 0 Å². The molecule has 0 radical (unpaired) electrons. The Kier molecular flexibility index (Phi) is 3.88. The average Bonchev–Trinajstić information content (AvgIpc) is 3.01. The Balaban J connectivity index is 1.57. The lowest BCUT2D eigenvalue weighted by Crippen LogP contribution is -2.40. The first kappa shape index (κ1) is 12.8. The van der Waals surface area contributed by atoms with Crippen LogP contribution in [0.25, 0.3) is 0 Å². The zero-order chi connectivity index (χ0) is 12.5. The third kappa shape index (κ3) is 2.56. The van der Waals surface area contributed by atoms with Crippen LogP contribution in [0.1, 0.15) is 52.4 Å². The van der Waals surface area contributed by atoms with Crippen molar-refractivity contribution in [2.24, 2.45) is 22.7 Å². The second kappa shape index (κ2) is 5.44. The third-order valence-corrected chi connectivity index (χ3v) is 6.18. The van der Waals surface area contributed by atoms with E-state index in [1.807, 2.05) is 11.8 Å². The Labute approximate surface area is 115 Å². The third-order valence-electron chi connectivity index (χ3n) is 5.25. The molecule has 2 bridgehead atoms. The highest BCUT2D eigenvalue weighted by atomic mass is 32.2. The number of nitrogens with zero attached hydrogens (tertiary/aromatic N) is 1. The highest BCUT2D eigenvalue weighted by Crippen LogP contribution is 2.49. The molecule has 18 heavy (non-hydrogen) atoms. The quantitative estimate of drug-likeness (QED) is 0.843. The molecule has 1 aliphatic heterocycles. The molecule has 5 unspecified atom stereocenters. The predicted molar refractivity (Wildman–Crippen MR) is 80.1 cm³/mol. The van der Waals surface area contributed by atoms with Gasteiger partial charge in [-0.3, -0.25) is 4.99 Å². The zero-order valence-corrected chi connectivity index (χ0v) is 12.5. The second-order valence-corrected chi connectivity index (χ2v) is 7.49. The van der Waals surface area contributed by atoms with Crippen LogP contribution in [0.2, 0.25) is 0 Å². The summed E-state index contributed by atoms with van der Waals surface area (Å²) in [5.41, 5.74) is 0. The SMILES string of the molecule is CCC1CCSC(NC(C)C2CC3CCC2C3)=N1. The first-order valence-corrected chi connectivity index (χ1v) is 8.72. The van der Waals surface area contributed by atoms with Crippen LogP contribution in [-0.4, -0.2) is 23.0 Å². The van der Waals surface area contributed by atoms with Crippen molar-refractivity contribution < 1.29 is 0 Å². The fraction of sp³-hybridized carbons (Fsp3) is 0.933. The second-order valence-electron chi connectivity index (χ2n) is 6.41. The van der Waals surface area contributed by atoms with E-state index >= 15 is 0 Å². The van der Waals surface area contributed by atoms with E-state index in [0.29, 0.717) is 12.1 Å². The van der Waals surface area contributed by atoms with Crippen molar-refractivity contribution in [1.29, 1.82) is 0 Å². The number of aliphatic imine (C=N–C) groups is 1. The molecule has 3 aliphatic rings. The smallest absolute Gasteiger partial charge is 0.157 e. The number of nitrogens with one attached hydrogen (secondary N) is 1. The molecule has 1 N–H and O–H groups in total. The van der Waals surface area contributed by atoms with Gasteiger partial charge in [-0.15, -0.1) is 0 Å². The van der Waals surface area contributed by atoms with Crippen molar-refractivity contribution >= 4 is 16.9 Å². The normalized spacial score (nSPS) is 40.7. The van der Waals surface area contributed by atoms with Crippen molar-refractivity contribution in [3.05, 3.63) is 0 Å². The van der Waals surface area contributed by atoms with E-state index in [1.54, 1.807) is 0 Å². The standard InChI is InChI=1S/C15H26N2S/c1-3-13-6-7-18-15(17-13)16-10(2)14-9-11-4-5-12(14)8-11/h10-14H,3-9H2,1-2H3,(H,16,17). The highest BCUT2D eigenvalue weighted by Gasteiger charge is 2.42. The molecular weight excluding hydrogens is 240 g/mol. The molecule has 1 heterocycles. The minimum atomic E-state index is 0.570. The van der Waals surface area contributed by atoms with E-state index in [0.717, 1.165) is 17.8 Å². The van der Waals surface area contributed by atoms with E-state index in [9.17, 15) is 0 Å². The largest absolute Gasteiger partial charge is 0.362 e. The van der Waals surface area contributed by atoms with Crippen LogP contribution >= 0.6 is 11.8 Å². The van der Waals surface area contributed by atoms with Gasteiger partial charge in [0.05, 0.1) is 6.04 Å². The minimum Gasteiger partial charge on any atom is -0.362 e. The molecule has 102 valence electrons. The van der Waals surface area contributed by atoms with Gasteiger partial charge in [0.25, 0.3) is 0 Å². The topological polar surface area (TPSA) is 24.4 Å². The number of fused-ring (bicyclic) bond motifs is 2. The summed E-state index contributed by atoms with van der Waals surface area (Å²) in [7, 11) is 0. The van der Waals surface area contributed by atoms with Crippen LogP contribution in [0.4, 0.5) is 0 Å². The molecule has 0 amide bonds. The van der Waals surface area contributed by atoms with Gasteiger partial charge in [-0.2, -0.15) is 0 Å². The molecule has 0 saturated heterocycles. The van der Waals surface area contributed by atoms with E-state index in [-0.39, 0.29) is 0 Å². The van der Waals surface area contributed by atoms with Crippen LogP contribution in [0.3, 0.4) is 0 Å². The molecule has 0 aromatic carbocycles. The molecule has 0 aromatic heterocycles. The highest BCUT2D eigenvalue weighted by molar-refractivity contribution is 8.13. The molecular formula is C15H26N2S. The maximum absolute atomic E-state index is 4.84. The van der Waals surface area contributed by atoms with Crippen LogP contribution in [0.15, 0.2) is 4.99 Å². The number of thioether (sulfide) groups is 1. The summed E-state index contributed by atoms with van der Waals surface area (Å²) in [6.07, 6.45) is 8.41. The fourth-order valence-electron chi connectivity index (χ4n) is 4.14. The Hall–Kier alpha value is -0.180. The van der Waals surface area contributed by atoms with E-state index in [2.05, 4.69) is 19.2 Å². The number of hydrogen-bond acceptors (Lipinski definition) is 3. The van der Waals surface area contributed by atoms with Gasteiger partial charge in [-0.05, 0) is 56.8 Å². The summed E-state index contributed by atoms with van der Waals surface area (Å²) in [6.45, 7) is 4.63. The molecule has 2 saturated carbocycles. The van der Waals surface area contributed by atoms with Crippen molar-refractivity contribution in [1.82, 2.24) is 5.32 Å². The number of rotatable bonds is 3. The van der Waals surface area contributed by atoms with Crippen LogP contribution in [0, 0.1) is 17.8 Å². The molecule has 5 atom stereocenters. The Morgan fingerprint density at radius 1 is 1.33 bits per heavy atom. The summed E-state index contributed by atoms with van der Waals surface area (Å²) in [6, 6.07) is 1.20. The first-order valence-electron chi connectivity index (χ1n) is 7.73. The van der Waals surface area contributed by atoms with E-state index in [4.69, 9.17) is 4.99 Å². The minimum absolute atomic E-state index is 0.570. The first-order chi connectivity index (χ1) is 8.76. The summed E-state index contributed by atoms with van der Waals surface area (Å²) in [4.78, 5) is 4.84. The molecule has 0 aromatic rings. The maximum atomic E-state index is 4.84. The van der Waals surface area contributed by atoms with Gasteiger partial charge in [-0.25, -0.2) is 0 Å². The van der Waals surface area contributed by atoms with Gasteiger partial charge in [0, 0.05) is 11.8 Å². The van der Waals surface area contributed by atoms with Gasteiger partial charge in [0.2, 0.25) is 0 Å². The summed E-state index contributed by atoms with van der Waals surface area (Å²) in [5.74, 6) is 4.21. The number of amidine groups is 1. The zero-order valence-electron chi connectivity index (χ0n) is 11.7. The summed E-state index contributed by atoms with van der Waals surface area (Å²) in [5, 5.41) is 4.95. The molecule has 0 spiro atoms. The molecule has 2 nitrogen and oxygen atoms in total. The van der Waals surface area contributed by atoms with Crippen molar-refractivity contribution in [2.75, 3.05) is 5.75 Å². The summed E-state index contributed by atoms with van der Waals surface area (Å²) < 4.78 is 0. The van der Waals surface area contributed by atoms with Crippen molar-refractivity contribution in [3.63, 3.8) is 0 Å². The van der Waals surface area contributed by atoms with Crippen molar-refractivity contribution in [3.8, 4) is 0 Å². The van der Waals surface area contributed by atoms with E-state index < -0.39 is 0 Å². The van der Waals surface area contributed by atoms with Crippen LogP contribution < -0.4 is 5.32 Å². The lowest BCUT2D eigenvalue weighted by atomic mass is 9.84. The maximum Gasteiger partial charge on any atom is 0.157 e. The molecule has 2 aliphatic carbocycles. The molecule has 3 rings (SSSR count). The van der Waals surface area contributed by atoms with Crippen LogP contribution in [0.5, 0.6) is 0 Å². The average molecular weight is 266 g/mol. The van der Waals surface area contributed by atoms with Gasteiger partial charge in [0.15, 0.2) is 5.17 Å². The Morgan fingerprint density at radius 3 is 2.89 bits per heavy atom. The van der Waals surface area contributed by atoms with E-state index in [1.165, 1.54) is 49.4 Å². The number of hydrogen-bond donors (Lipinski definition) is 1. The van der Waals surface area contributed by atoms with Gasteiger partial charge in [-0.1, -0.05) is 25.1 Å². The fourth-order valence-corrected chi connectivity index (χ4v) is 5.22. The van der Waals surface area contributed by atoms with Crippen LogP contribution in [-0.2, 0) is 0 Å². The molecule has 2 fully saturated rings. The summed E-state index contributed by atoms with van der Waals surface area (Å²) >= 11 is 1.93. The van der Waals surface area contributed by atoms with Crippen molar-refractivity contribution in [2.45, 2.75) is 64.5 Å². The molecule has 3 heteroatoms. The Bertz CT molecular complexity index is 328. The lowest BCUT2D eigenvalue weighted by molar-refractivity contribution is 0.279.